The predicted octanol–water partition coefficient (Wildman–Crippen LogP) is 0.427. The van der Waals surface area contributed by atoms with Crippen molar-refractivity contribution in [3.05, 3.63) is 65.9 Å². The zero-order valence-electron chi connectivity index (χ0n) is 51.4. The first-order chi connectivity index (χ1) is 42.0. The number of hydrogen-bond acceptors (Lipinski definition) is 15. The topological polar surface area (TPSA) is 456 Å². The largest absolute Gasteiger partial charge is 0.508 e. The second kappa shape index (κ2) is 40.3. The fourth-order valence-electron chi connectivity index (χ4n) is 9.63. The van der Waals surface area contributed by atoms with E-state index in [0.29, 0.717) is 18.4 Å². The average molecular weight is 1230 g/mol. The minimum atomic E-state index is -1.79. The fourth-order valence-corrected chi connectivity index (χ4v) is 9.63. The number of nitrogens with one attached hydrogen (secondary N) is 10. The fraction of sp³-hybridized carbons (Fsp3) is 0.590. The summed E-state index contributed by atoms with van der Waals surface area (Å²) in [4.78, 5) is 150. The summed E-state index contributed by atoms with van der Waals surface area (Å²) in [6.07, 6.45) is 13.8. The van der Waals surface area contributed by atoms with E-state index in [1.807, 2.05) is 24.3 Å². The van der Waals surface area contributed by atoms with Gasteiger partial charge in [-0.05, 0) is 80.9 Å². The van der Waals surface area contributed by atoms with E-state index in [1.54, 1.807) is 20.0 Å². The summed E-state index contributed by atoms with van der Waals surface area (Å²) in [5.74, 6) is -10.5. The molecular weight excluding hydrogens is 1140 g/mol. The number of aromatic amines is 1. The number of nitrogens with two attached hydrogens (primary N) is 4. The van der Waals surface area contributed by atoms with Crippen molar-refractivity contribution in [2.24, 2.45) is 28.9 Å². The molecule has 0 aliphatic heterocycles. The molecule has 2 aromatic carbocycles. The number of phenolic OH excluding ortho intramolecular Hbond substituents is 1. The van der Waals surface area contributed by atoms with Gasteiger partial charge < -0.3 is 86.0 Å². The number of carboxylic acid groups (broad SMARTS) is 1. The maximum atomic E-state index is 14.2. The van der Waals surface area contributed by atoms with Crippen LogP contribution in [0, 0.1) is 5.92 Å². The van der Waals surface area contributed by atoms with Crippen LogP contribution in [-0.2, 0) is 65.6 Å². The number of fused-ring (bicyclic) bond motifs is 1. The number of phenols is 1. The minimum absolute atomic E-state index is 0.0612. The minimum Gasteiger partial charge on any atom is -0.508 e. The van der Waals surface area contributed by atoms with Crippen molar-refractivity contribution in [3.8, 4) is 5.75 Å². The first-order valence-corrected chi connectivity index (χ1v) is 30.7. The predicted molar refractivity (Wildman–Crippen MR) is 331 cm³/mol. The van der Waals surface area contributed by atoms with Crippen LogP contribution in [-0.4, -0.2) is 155 Å². The molecule has 3 rings (SSSR count). The van der Waals surface area contributed by atoms with Crippen molar-refractivity contribution in [1.29, 1.82) is 0 Å². The number of aliphatic carboxylic acids is 1. The van der Waals surface area contributed by atoms with Gasteiger partial charge in [0.1, 0.15) is 48.0 Å². The van der Waals surface area contributed by atoms with E-state index < -0.39 is 133 Å². The Morgan fingerprint density at radius 2 is 1.11 bits per heavy atom. The maximum Gasteiger partial charge on any atom is 0.325 e. The monoisotopic (exact) mass is 1230 g/mol. The highest BCUT2D eigenvalue weighted by atomic mass is 16.4. The Hall–Kier alpha value is -8.17. The Labute approximate surface area is 514 Å². The van der Waals surface area contributed by atoms with Crippen LogP contribution in [0.2, 0.25) is 0 Å². The number of benzene rings is 2. The average Bonchev–Trinajstić information content (AvgIpc) is 4.10. The lowest BCUT2D eigenvalue weighted by Gasteiger charge is -2.30. The summed E-state index contributed by atoms with van der Waals surface area (Å²) in [6.45, 7) is 5.61. The van der Waals surface area contributed by atoms with Crippen LogP contribution < -0.4 is 70.8 Å². The second-order valence-corrected chi connectivity index (χ2v) is 22.3. The van der Waals surface area contributed by atoms with Crippen molar-refractivity contribution in [3.63, 3.8) is 0 Å². The Bertz CT molecular complexity index is 2740. The van der Waals surface area contributed by atoms with Crippen molar-refractivity contribution in [2.45, 2.75) is 198 Å². The Morgan fingerprint density at radius 3 is 1.73 bits per heavy atom. The molecule has 1 unspecified atom stereocenters. The summed E-state index contributed by atoms with van der Waals surface area (Å²) in [5, 5.41) is 42.7. The Kier molecular flexibility index (Phi) is 33.9. The molecule has 9 atom stereocenters. The third-order valence-electron chi connectivity index (χ3n) is 15.1. The van der Waals surface area contributed by atoms with Crippen LogP contribution in [0.5, 0.6) is 5.75 Å². The number of aromatic nitrogens is 1. The van der Waals surface area contributed by atoms with Crippen LogP contribution >= 0.6 is 0 Å². The van der Waals surface area contributed by atoms with Crippen LogP contribution in [0.25, 0.3) is 10.9 Å². The number of primary amides is 1. The normalized spacial score (nSPS) is 14.2. The highest BCUT2D eigenvalue weighted by molar-refractivity contribution is 5.99. The van der Waals surface area contributed by atoms with Gasteiger partial charge in [0.15, 0.2) is 0 Å². The SMILES string of the molecule is CCCCCCCCCCCCCC(=O)N[C@@H](Cc1c[nH]c2ccccc12)C(=O)NCC(=O)NCC(=O)N[C@H](C(=O)N[C@@H](CCCN)C(=O)N[C@H](C(=O)N[C@@H](CC(N)=O)C(=O)N[C@@H](Cc1ccc(O)cc1)C(=O)N[C@@H](C)C(=O)O)C(N)CCN)[C@@H](C)CC. The molecule has 27 nitrogen and oxygen atoms in total. The molecule has 0 saturated carbocycles. The van der Waals surface area contributed by atoms with Crippen molar-refractivity contribution < 1.29 is 63.0 Å². The Morgan fingerprint density at radius 1 is 0.545 bits per heavy atom. The molecule has 88 heavy (non-hydrogen) atoms. The smallest absolute Gasteiger partial charge is 0.325 e. The molecule has 0 radical (unpaired) electrons. The van der Waals surface area contributed by atoms with E-state index >= 15 is 0 Å². The Balaban J connectivity index is 1.69. The van der Waals surface area contributed by atoms with E-state index in [0.717, 1.165) is 35.7 Å². The van der Waals surface area contributed by atoms with Gasteiger partial charge in [0.05, 0.1) is 19.5 Å². The van der Waals surface area contributed by atoms with Gasteiger partial charge in [-0.3, -0.25) is 52.7 Å². The van der Waals surface area contributed by atoms with Crippen LogP contribution in [0.4, 0.5) is 0 Å². The number of unbranched alkanes of at least 4 members (excludes halogenated alkanes) is 10. The second-order valence-electron chi connectivity index (χ2n) is 22.3. The molecule has 0 bridgehead atoms. The quantitative estimate of drug-likeness (QED) is 0.0341. The molecule has 1 aromatic heterocycles. The highest BCUT2D eigenvalue weighted by Crippen LogP contribution is 2.20. The van der Waals surface area contributed by atoms with Crippen molar-refractivity contribution in [1.82, 2.24) is 52.8 Å². The molecule has 27 heteroatoms. The summed E-state index contributed by atoms with van der Waals surface area (Å²) < 4.78 is 0. The van der Waals surface area contributed by atoms with Gasteiger partial charge in [0.2, 0.25) is 59.1 Å². The third kappa shape index (κ3) is 27.3. The number of hydrogen-bond donors (Lipinski definition) is 16. The third-order valence-corrected chi connectivity index (χ3v) is 15.1. The van der Waals surface area contributed by atoms with Crippen molar-refractivity contribution in [2.75, 3.05) is 26.2 Å². The highest BCUT2D eigenvalue weighted by Gasteiger charge is 2.37. The first kappa shape index (κ1) is 74.1. The molecule has 1 heterocycles. The molecular formula is C61H96N14O13. The lowest BCUT2D eigenvalue weighted by atomic mass is 9.97. The lowest BCUT2D eigenvalue weighted by molar-refractivity contribution is -0.142. The number of carbonyl (C=O) groups excluding carboxylic acids is 10. The lowest BCUT2D eigenvalue weighted by Crippen LogP contribution is -2.64. The van der Waals surface area contributed by atoms with Gasteiger partial charge in [0, 0.05) is 42.4 Å². The number of rotatable bonds is 44. The van der Waals surface area contributed by atoms with Crippen molar-refractivity contribution >= 4 is 75.9 Å². The number of H-pyrrole nitrogens is 1. The van der Waals surface area contributed by atoms with Gasteiger partial charge in [-0.2, -0.15) is 0 Å². The van der Waals surface area contributed by atoms with Gasteiger partial charge in [0.25, 0.3) is 0 Å². The number of para-hydroxylation sites is 1. The summed E-state index contributed by atoms with van der Waals surface area (Å²) in [5.41, 5.74) is 25.5. The molecule has 488 valence electrons. The molecule has 0 aliphatic carbocycles. The molecule has 10 amide bonds. The molecule has 3 aromatic rings. The van der Waals surface area contributed by atoms with Gasteiger partial charge in [-0.15, -0.1) is 0 Å². The molecule has 0 spiro atoms. The number of carboxylic acids is 1. The van der Waals surface area contributed by atoms with E-state index in [-0.39, 0.29) is 63.3 Å². The number of amides is 10. The number of carbonyl (C=O) groups is 11. The molecule has 20 N–H and O–H groups in total. The molecule has 0 fully saturated rings. The first-order valence-electron chi connectivity index (χ1n) is 30.7. The van der Waals surface area contributed by atoms with Gasteiger partial charge in [-0.25, -0.2) is 0 Å². The summed E-state index contributed by atoms with van der Waals surface area (Å²) in [6, 6.07) is 1.74. The molecule has 0 saturated heterocycles. The molecule has 0 aliphatic rings. The van der Waals surface area contributed by atoms with E-state index in [1.165, 1.54) is 76.1 Å². The van der Waals surface area contributed by atoms with E-state index in [9.17, 15) is 63.0 Å². The summed E-state index contributed by atoms with van der Waals surface area (Å²) in [7, 11) is 0. The zero-order chi connectivity index (χ0) is 65.1. The zero-order valence-corrected chi connectivity index (χ0v) is 51.4. The van der Waals surface area contributed by atoms with Crippen LogP contribution in [0.15, 0.2) is 54.7 Å². The van der Waals surface area contributed by atoms with E-state index in [4.69, 9.17) is 22.9 Å². The number of aromatic hydroxyl groups is 1. The maximum absolute atomic E-state index is 14.2. The van der Waals surface area contributed by atoms with Crippen LogP contribution in [0.1, 0.15) is 148 Å². The van der Waals surface area contributed by atoms with Gasteiger partial charge >= 0.3 is 5.97 Å². The van der Waals surface area contributed by atoms with E-state index in [2.05, 4.69) is 59.8 Å². The van der Waals surface area contributed by atoms with Gasteiger partial charge in [-0.1, -0.05) is 122 Å². The summed E-state index contributed by atoms with van der Waals surface area (Å²) >= 11 is 0. The standard InChI is InChI=1S/C61H96N14O13/c1-5-7-8-9-10-11-12-13-14-15-16-23-50(78)70-47(32-40-34-66-44-21-18-17-20-42(40)44)55(81)68-35-51(79)67-36-52(80)74-53(37(3)6-2)59(85)71-45(22-19-29-62)56(82)75-54(43(64)28-30-63)60(86)73-48(33-49(65)77)58(84)72-46(57(83)69-38(4)61(87)88)31-39-24-26-41(76)27-25-39/h17-18,20-21,24-27,34,37-38,43,45-48,53-54,66,76H,5-16,19,22-23,28-33,35-36,62-64H2,1-4H3,(H2,65,77)(H,67,79)(H,68,81)(H,69,83)(H,70,78)(H,71,85)(H,72,84)(H,73,86)(H,74,80)(H,75,82)(H,87,88)/t37-,38-,43?,45-,46-,47-,48-,53-,54-/m0/s1. The van der Waals surface area contributed by atoms with Crippen LogP contribution in [0.3, 0.4) is 0 Å².